The Morgan fingerprint density at radius 3 is 1.17 bits per heavy atom. The Kier molecular flexibility index (Phi) is 13.3. The van der Waals surface area contributed by atoms with Crippen molar-refractivity contribution in [1.82, 2.24) is 9.80 Å². The minimum absolute atomic E-state index is 0.0143. The van der Waals surface area contributed by atoms with Crippen molar-refractivity contribution in [1.29, 1.82) is 0 Å². The summed E-state index contributed by atoms with van der Waals surface area (Å²) in [6, 6.07) is 16.3. The first kappa shape index (κ1) is 35.9. The zero-order valence-electron chi connectivity index (χ0n) is 30.3. The molecule has 0 unspecified atom stereocenters. The SMILES string of the molecule is CN(C)c1ccc(NC(=O)N(CC2CCCCC2)C[C@H]2CCCC[C@H]2CN(CC2CCCCC2)C(=O)Nc2ccc(N(C)C)cc2)cc1. The van der Waals surface area contributed by atoms with E-state index in [1.54, 1.807) is 0 Å². The summed E-state index contributed by atoms with van der Waals surface area (Å²) in [5.74, 6) is 1.89. The average molecular weight is 659 g/mol. The van der Waals surface area contributed by atoms with E-state index in [0.29, 0.717) is 23.7 Å². The van der Waals surface area contributed by atoms with E-state index < -0.39 is 0 Å². The second-order valence-corrected chi connectivity index (χ2v) is 15.4. The van der Waals surface area contributed by atoms with Crippen LogP contribution in [0.25, 0.3) is 0 Å². The van der Waals surface area contributed by atoms with Crippen molar-refractivity contribution in [2.24, 2.45) is 23.7 Å². The molecule has 0 aromatic heterocycles. The number of nitrogens with zero attached hydrogens (tertiary/aromatic N) is 4. The van der Waals surface area contributed by atoms with Crippen LogP contribution in [0, 0.1) is 23.7 Å². The minimum atomic E-state index is 0.0143. The van der Waals surface area contributed by atoms with Gasteiger partial charge in [0, 0.05) is 77.1 Å². The number of hydrogen-bond acceptors (Lipinski definition) is 4. The van der Waals surface area contributed by atoms with Crippen LogP contribution in [0.3, 0.4) is 0 Å². The highest BCUT2D eigenvalue weighted by Crippen LogP contribution is 2.34. The normalized spacial score (nSPS) is 20.5. The van der Waals surface area contributed by atoms with Gasteiger partial charge in [-0.2, -0.15) is 0 Å². The molecule has 0 aliphatic heterocycles. The van der Waals surface area contributed by atoms with Crippen LogP contribution in [0.1, 0.15) is 89.9 Å². The van der Waals surface area contributed by atoms with Crippen LogP contribution in [-0.4, -0.2) is 76.2 Å². The van der Waals surface area contributed by atoms with Gasteiger partial charge in [-0.25, -0.2) is 9.59 Å². The number of amides is 4. The fourth-order valence-electron chi connectivity index (χ4n) is 8.27. The predicted molar refractivity (Wildman–Crippen MR) is 201 cm³/mol. The monoisotopic (exact) mass is 658 g/mol. The molecule has 2 N–H and O–H groups in total. The molecule has 264 valence electrons. The molecule has 0 spiro atoms. The number of urea groups is 2. The molecule has 0 bridgehead atoms. The van der Waals surface area contributed by atoms with Gasteiger partial charge in [-0.3, -0.25) is 0 Å². The summed E-state index contributed by atoms with van der Waals surface area (Å²) >= 11 is 0. The molecule has 0 heterocycles. The second kappa shape index (κ2) is 17.8. The fourth-order valence-corrected chi connectivity index (χ4v) is 8.27. The number of carbonyl (C=O) groups excluding carboxylic acids is 2. The number of carbonyl (C=O) groups is 2. The van der Waals surface area contributed by atoms with Gasteiger partial charge in [0.05, 0.1) is 0 Å². The van der Waals surface area contributed by atoms with Gasteiger partial charge in [-0.1, -0.05) is 51.4 Å². The van der Waals surface area contributed by atoms with Gasteiger partial charge in [0.2, 0.25) is 0 Å². The summed E-state index contributed by atoms with van der Waals surface area (Å²) in [7, 11) is 8.12. The number of hydrogen-bond donors (Lipinski definition) is 2. The van der Waals surface area contributed by atoms with Crippen molar-refractivity contribution >= 4 is 34.8 Å². The van der Waals surface area contributed by atoms with Crippen molar-refractivity contribution in [2.75, 3.05) is 74.8 Å². The Labute approximate surface area is 290 Å². The molecule has 48 heavy (non-hydrogen) atoms. The summed E-state index contributed by atoms with van der Waals surface area (Å²) in [4.78, 5) is 36.4. The van der Waals surface area contributed by atoms with Crippen molar-refractivity contribution in [2.45, 2.75) is 89.9 Å². The lowest BCUT2D eigenvalue weighted by Gasteiger charge is -2.40. The quantitative estimate of drug-likeness (QED) is 0.239. The third-order valence-electron chi connectivity index (χ3n) is 11.2. The molecule has 8 heteroatoms. The van der Waals surface area contributed by atoms with Gasteiger partial charge in [0.1, 0.15) is 0 Å². The maximum absolute atomic E-state index is 14.0. The largest absolute Gasteiger partial charge is 0.378 e. The van der Waals surface area contributed by atoms with Crippen molar-refractivity contribution in [3.05, 3.63) is 48.5 Å². The van der Waals surface area contributed by atoms with E-state index in [0.717, 1.165) is 61.8 Å². The lowest BCUT2D eigenvalue weighted by molar-refractivity contribution is 0.114. The molecule has 2 aromatic rings. The van der Waals surface area contributed by atoms with E-state index in [4.69, 9.17) is 0 Å². The van der Waals surface area contributed by atoms with Crippen molar-refractivity contribution in [3.8, 4) is 0 Å². The van der Waals surface area contributed by atoms with E-state index in [1.807, 2.05) is 52.5 Å². The number of nitrogens with one attached hydrogen (secondary N) is 2. The van der Waals surface area contributed by atoms with E-state index in [9.17, 15) is 9.59 Å². The molecular weight excluding hydrogens is 596 g/mol. The number of benzene rings is 2. The van der Waals surface area contributed by atoms with Crippen LogP contribution in [0.15, 0.2) is 48.5 Å². The van der Waals surface area contributed by atoms with Gasteiger partial charge in [-0.05, 0) is 111 Å². The predicted octanol–water partition coefficient (Wildman–Crippen LogP) is 9.15. The fraction of sp³-hybridized carbons (Fsp3) is 0.650. The van der Waals surface area contributed by atoms with E-state index in [1.165, 1.54) is 77.0 Å². The van der Waals surface area contributed by atoms with Crippen LogP contribution >= 0.6 is 0 Å². The van der Waals surface area contributed by atoms with Crippen LogP contribution in [0.2, 0.25) is 0 Å². The third kappa shape index (κ3) is 10.5. The minimum Gasteiger partial charge on any atom is -0.378 e. The Hall–Kier alpha value is -3.42. The van der Waals surface area contributed by atoms with E-state index >= 15 is 0 Å². The molecule has 0 radical (unpaired) electrons. The maximum atomic E-state index is 14.0. The third-order valence-corrected chi connectivity index (χ3v) is 11.2. The Bertz CT molecular complexity index is 1170. The van der Waals surface area contributed by atoms with Crippen molar-refractivity contribution < 1.29 is 9.59 Å². The molecule has 3 aliphatic carbocycles. The Morgan fingerprint density at radius 1 is 0.500 bits per heavy atom. The average Bonchev–Trinajstić information content (AvgIpc) is 3.09. The van der Waals surface area contributed by atoms with Crippen LogP contribution < -0.4 is 20.4 Å². The highest BCUT2D eigenvalue weighted by Gasteiger charge is 2.33. The molecule has 5 rings (SSSR count). The van der Waals surface area contributed by atoms with E-state index in [2.05, 4.69) is 54.5 Å². The highest BCUT2D eigenvalue weighted by atomic mass is 16.2. The number of rotatable bonds is 12. The molecule has 3 saturated carbocycles. The zero-order valence-corrected chi connectivity index (χ0v) is 30.3. The summed E-state index contributed by atoms with van der Waals surface area (Å²) < 4.78 is 0. The smallest absolute Gasteiger partial charge is 0.321 e. The summed E-state index contributed by atoms with van der Waals surface area (Å²) in [5.41, 5.74) is 3.91. The molecular formula is C40H62N6O2. The molecule has 2 aromatic carbocycles. The number of anilines is 4. The van der Waals surface area contributed by atoms with Gasteiger partial charge >= 0.3 is 12.1 Å². The van der Waals surface area contributed by atoms with Gasteiger partial charge in [0.15, 0.2) is 0 Å². The molecule has 3 aliphatic rings. The van der Waals surface area contributed by atoms with Gasteiger partial charge in [0.25, 0.3) is 0 Å². The van der Waals surface area contributed by atoms with Crippen LogP contribution in [0.5, 0.6) is 0 Å². The van der Waals surface area contributed by atoms with Crippen LogP contribution in [0.4, 0.5) is 32.3 Å². The van der Waals surface area contributed by atoms with Crippen LogP contribution in [-0.2, 0) is 0 Å². The standard InChI is InChI=1S/C40H62N6O2/c1-43(2)37-23-19-35(20-24-37)41-39(47)45(27-31-13-7-5-8-14-31)29-33-17-11-12-18-34(33)30-46(28-32-15-9-6-10-16-32)40(48)42-36-21-25-38(26-22-36)44(3)4/h19-26,31-34H,5-18,27-30H2,1-4H3,(H,41,47)(H,42,48)/t33-,34+. The maximum Gasteiger partial charge on any atom is 0.321 e. The second-order valence-electron chi connectivity index (χ2n) is 15.4. The molecule has 0 saturated heterocycles. The lowest BCUT2D eigenvalue weighted by Crippen LogP contribution is -2.47. The first-order valence-corrected chi connectivity index (χ1v) is 18.9. The Balaban J connectivity index is 1.30. The Morgan fingerprint density at radius 2 is 0.833 bits per heavy atom. The molecule has 8 nitrogen and oxygen atoms in total. The summed E-state index contributed by atoms with van der Waals surface area (Å²) in [6.07, 6.45) is 17.1. The van der Waals surface area contributed by atoms with Gasteiger partial charge < -0.3 is 30.2 Å². The van der Waals surface area contributed by atoms with E-state index in [-0.39, 0.29) is 12.1 Å². The molecule has 2 atom stereocenters. The van der Waals surface area contributed by atoms with Crippen molar-refractivity contribution in [3.63, 3.8) is 0 Å². The first-order chi connectivity index (χ1) is 23.2. The van der Waals surface area contributed by atoms with Gasteiger partial charge in [-0.15, -0.1) is 0 Å². The highest BCUT2D eigenvalue weighted by molar-refractivity contribution is 5.90. The zero-order chi connectivity index (χ0) is 33.9. The summed E-state index contributed by atoms with van der Waals surface area (Å²) in [6.45, 7) is 3.15. The molecule has 3 fully saturated rings. The summed E-state index contributed by atoms with van der Waals surface area (Å²) in [5, 5.41) is 6.49. The lowest BCUT2D eigenvalue weighted by atomic mass is 9.78. The topological polar surface area (TPSA) is 71.2 Å². The first-order valence-electron chi connectivity index (χ1n) is 18.9. The molecule has 4 amide bonds.